The summed E-state index contributed by atoms with van der Waals surface area (Å²) in [6, 6.07) is 6.04. The molecule has 0 aliphatic carbocycles. The molecular weight excluding hydrogens is 338 g/mol. The molecule has 0 aliphatic heterocycles. The summed E-state index contributed by atoms with van der Waals surface area (Å²) in [7, 11) is -3.67. The van der Waals surface area contributed by atoms with Crippen LogP contribution in [0.3, 0.4) is 0 Å². The number of sulfonamides is 1. The summed E-state index contributed by atoms with van der Waals surface area (Å²) in [5, 5.41) is 11.5. The van der Waals surface area contributed by atoms with E-state index in [4.69, 9.17) is 16.9 Å². The Morgan fingerprint density at radius 1 is 1.39 bits per heavy atom. The van der Waals surface area contributed by atoms with Crippen molar-refractivity contribution in [1.82, 2.24) is 9.62 Å². The monoisotopic (exact) mass is 357 g/mol. The number of hydrogen-bond donors (Lipinski definition) is 1. The topological polar surface area (TPSA) is 90.3 Å². The van der Waals surface area contributed by atoms with Crippen molar-refractivity contribution in [3.63, 3.8) is 0 Å². The quantitative estimate of drug-likeness (QED) is 0.810. The Kier molecular flexibility index (Phi) is 7.01. The molecule has 0 spiro atoms. The lowest BCUT2D eigenvalue weighted by Crippen LogP contribution is -2.31. The largest absolute Gasteiger partial charge is 0.351 e. The molecule has 1 atom stereocenters. The van der Waals surface area contributed by atoms with Crippen LogP contribution < -0.4 is 5.32 Å². The smallest absolute Gasteiger partial charge is 0.252 e. The predicted molar refractivity (Wildman–Crippen MR) is 88.7 cm³/mol. The Morgan fingerprint density at radius 2 is 2.00 bits per heavy atom. The van der Waals surface area contributed by atoms with Gasteiger partial charge >= 0.3 is 0 Å². The summed E-state index contributed by atoms with van der Waals surface area (Å²) in [4.78, 5) is 12.2. The number of amides is 1. The van der Waals surface area contributed by atoms with E-state index in [0.717, 1.165) is 0 Å². The molecule has 1 unspecified atom stereocenters. The van der Waals surface area contributed by atoms with E-state index in [2.05, 4.69) is 5.32 Å². The van der Waals surface area contributed by atoms with Gasteiger partial charge in [-0.05, 0) is 25.1 Å². The van der Waals surface area contributed by atoms with Crippen molar-refractivity contribution in [3.05, 3.63) is 28.8 Å². The molecule has 6 nitrogen and oxygen atoms in total. The van der Waals surface area contributed by atoms with Crippen LogP contribution in [-0.2, 0) is 10.0 Å². The first-order valence-corrected chi connectivity index (χ1v) is 9.07. The zero-order valence-corrected chi connectivity index (χ0v) is 14.9. The second-order valence-electron chi connectivity index (χ2n) is 4.97. The number of nitrogens with one attached hydrogen (secondary N) is 1. The number of carbonyl (C=O) groups excluding carboxylic acids is 1. The normalized spacial score (nSPS) is 12.7. The van der Waals surface area contributed by atoms with Crippen molar-refractivity contribution >= 4 is 27.5 Å². The van der Waals surface area contributed by atoms with Gasteiger partial charge in [-0.2, -0.15) is 9.57 Å². The maximum atomic E-state index is 12.5. The van der Waals surface area contributed by atoms with Crippen molar-refractivity contribution in [1.29, 1.82) is 5.26 Å². The van der Waals surface area contributed by atoms with Gasteiger partial charge in [-0.25, -0.2) is 8.42 Å². The summed E-state index contributed by atoms with van der Waals surface area (Å²) in [6.07, 6.45) is 0. The first-order valence-electron chi connectivity index (χ1n) is 7.25. The number of rotatable bonds is 7. The summed E-state index contributed by atoms with van der Waals surface area (Å²) < 4.78 is 26.3. The molecule has 1 aromatic rings. The average Bonchev–Trinajstić information content (AvgIpc) is 2.53. The van der Waals surface area contributed by atoms with Crippen molar-refractivity contribution in [2.24, 2.45) is 5.92 Å². The van der Waals surface area contributed by atoms with Crippen LogP contribution in [0.15, 0.2) is 23.1 Å². The summed E-state index contributed by atoms with van der Waals surface area (Å²) >= 11 is 6.00. The van der Waals surface area contributed by atoms with Crippen LogP contribution in [0.4, 0.5) is 0 Å². The van der Waals surface area contributed by atoms with Gasteiger partial charge in [-0.3, -0.25) is 4.79 Å². The zero-order valence-electron chi connectivity index (χ0n) is 13.3. The molecule has 0 heterocycles. The third-order valence-corrected chi connectivity index (χ3v) is 5.69. The second-order valence-corrected chi connectivity index (χ2v) is 7.32. The first kappa shape index (κ1) is 19.4. The molecule has 1 rings (SSSR count). The van der Waals surface area contributed by atoms with Crippen LogP contribution in [-0.4, -0.2) is 38.3 Å². The molecule has 0 aliphatic rings. The highest BCUT2D eigenvalue weighted by Crippen LogP contribution is 2.23. The van der Waals surface area contributed by atoms with Crippen LogP contribution in [0, 0.1) is 17.2 Å². The van der Waals surface area contributed by atoms with E-state index < -0.39 is 15.9 Å². The minimum Gasteiger partial charge on any atom is -0.351 e. The molecule has 0 saturated carbocycles. The van der Waals surface area contributed by atoms with Gasteiger partial charge in [-0.1, -0.05) is 25.4 Å². The van der Waals surface area contributed by atoms with Gasteiger partial charge in [0.2, 0.25) is 10.0 Å². The summed E-state index contributed by atoms with van der Waals surface area (Å²) in [5.74, 6) is -0.853. The lowest BCUT2D eigenvalue weighted by atomic mass is 10.2. The first-order chi connectivity index (χ1) is 10.8. The number of carbonyl (C=O) groups is 1. The van der Waals surface area contributed by atoms with Crippen molar-refractivity contribution < 1.29 is 13.2 Å². The van der Waals surface area contributed by atoms with Gasteiger partial charge in [0.25, 0.3) is 5.91 Å². The fourth-order valence-electron chi connectivity index (χ4n) is 1.94. The molecular formula is C15H20ClN3O3S. The third kappa shape index (κ3) is 4.67. The molecule has 23 heavy (non-hydrogen) atoms. The Labute approximate surface area is 142 Å². The van der Waals surface area contributed by atoms with Gasteiger partial charge in [0.1, 0.15) is 0 Å². The van der Waals surface area contributed by atoms with E-state index in [1.807, 2.05) is 6.07 Å². The molecule has 126 valence electrons. The van der Waals surface area contributed by atoms with Crippen molar-refractivity contribution in [2.45, 2.75) is 25.7 Å². The number of nitrogens with zero attached hydrogens (tertiary/aromatic N) is 2. The predicted octanol–water partition coefficient (Wildman–Crippen LogP) is 2.26. The molecule has 0 fully saturated rings. The van der Waals surface area contributed by atoms with Crippen molar-refractivity contribution in [2.75, 3.05) is 19.6 Å². The Balaban J connectivity index is 3.14. The maximum Gasteiger partial charge on any atom is 0.252 e. The Bertz CT molecular complexity index is 709. The lowest BCUT2D eigenvalue weighted by Gasteiger charge is -2.19. The Morgan fingerprint density at radius 3 is 2.52 bits per heavy atom. The number of hydrogen-bond acceptors (Lipinski definition) is 4. The molecule has 1 amide bonds. The fourth-order valence-corrected chi connectivity index (χ4v) is 3.63. The number of nitriles is 1. The molecule has 1 aromatic carbocycles. The van der Waals surface area contributed by atoms with E-state index in [9.17, 15) is 13.2 Å². The van der Waals surface area contributed by atoms with Crippen LogP contribution >= 0.6 is 11.6 Å². The van der Waals surface area contributed by atoms with Crippen LogP contribution in [0.5, 0.6) is 0 Å². The zero-order chi connectivity index (χ0) is 17.6. The van der Waals surface area contributed by atoms with Crippen LogP contribution in [0.2, 0.25) is 5.02 Å². The van der Waals surface area contributed by atoms with Crippen LogP contribution in [0.25, 0.3) is 0 Å². The molecule has 0 radical (unpaired) electrons. The van der Waals surface area contributed by atoms with Gasteiger partial charge in [-0.15, -0.1) is 0 Å². The van der Waals surface area contributed by atoms with E-state index >= 15 is 0 Å². The van der Waals surface area contributed by atoms with Crippen molar-refractivity contribution in [3.8, 4) is 6.07 Å². The standard InChI is InChI=1S/C15H20ClN3O3S/c1-4-19(5-2)23(21,22)12-6-7-14(16)13(8-12)15(20)18-10-11(3)9-17/h6-8,11H,4-5,10H2,1-3H3,(H,18,20). The number of halogens is 1. The van der Waals surface area contributed by atoms with E-state index in [1.54, 1.807) is 20.8 Å². The SMILES string of the molecule is CCN(CC)S(=O)(=O)c1ccc(Cl)c(C(=O)NCC(C)C#N)c1. The fraction of sp³-hybridized carbons (Fsp3) is 0.467. The van der Waals surface area contributed by atoms with Gasteiger partial charge in [0.05, 0.1) is 27.5 Å². The molecule has 8 heteroatoms. The average molecular weight is 358 g/mol. The minimum atomic E-state index is -3.67. The lowest BCUT2D eigenvalue weighted by molar-refractivity contribution is 0.0950. The van der Waals surface area contributed by atoms with E-state index in [-0.39, 0.29) is 27.9 Å². The summed E-state index contributed by atoms with van der Waals surface area (Å²) in [5.41, 5.74) is 0.0741. The number of benzene rings is 1. The highest BCUT2D eigenvalue weighted by molar-refractivity contribution is 7.89. The highest BCUT2D eigenvalue weighted by Gasteiger charge is 2.23. The molecule has 1 N–H and O–H groups in total. The van der Waals surface area contributed by atoms with E-state index in [0.29, 0.717) is 13.1 Å². The third-order valence-electron chi connectivity index (χ3n) is 3.31. The molecule has 0 bridgehead atoms. The summed E-state index contributed by atoms with van der Waals surface area (Å²) in [6.45, 7) is 5.99. The van der Waals surface area contributed by atoms with Gasteiger partial charge in [0, 0.05) is 19.6 Å². The molecule has 0 aromatic heterocycles. The van der Waals surface area contributed by atoms with Gasteiger partial charge in [0.15, 0.2) is 0 Å². The molecule has 0 saturated heterocycles. The maximum absolute atomic E-state index is 12.5. The second kappa shape index (κ2) is 8.29. The van der Waals surface area contributed by atoms with E-state index in [1.165, 1.54) is 22.5 Å². The van der Waals surface area contributed by atoms with Crippen LogP contribution in [0.1, 0.15) is 31.1 Å². The highest BCUT2D eigenvalue weighted by atomic mass is 35.5. The Hall–Kier alpha value is -1.62. The minimum absolute atomic E-state index is 0.0177. The van der Waals surface area contributed by atoms with Gasteiger partial charge < -0.3 is 5.32 Å².